The Morgan fingerprint density at radius 1 is 1.07 bits per heavy atom. The van der Waals surface area contributed by atoms with Crippen LogP contribution in [-0.4, -0.2) is 10.1 Å². The van der Waals surface area contributed by atoms with Gasteiger partial charge in [-0.15, -0.1) is 0 Å². The topological polar surface area (TPSA) is 58.3 Å². The largest absolute Gasteiger partial charge is 0.507 e. The highest BCUT2D eigenvalue weighted by molar-refractivity contribution is 14.1. The Balaban J connectivity index is 1.59. The van der Waals surface area contributed by atoms with Crippen LogP contribution in [0.15, 0.2) is 59.0 Å². The molecule has 0 aliphatic heterocycles. The Bertz CT molecular complexity index is 1130. The highest BCUT2D eigenvalue weighted by Gasteiger charge is 2.10. The molecule has 4 aromatic rings. The summed E-state index contributed by atoms with van der Waals surface area (Å²) in [6, 6.07) is 17.9. The van der Waals surface area contributed by atoms with E-state index >= 15 is 0 Å². The van der Waals surface area contributed by atoms with Crippen molar-refractivity contribution in [3.05, 3.63) is 74.9 Å². The zero-order valence-electron chi connectivity index (χ0n) is 15.1. The molecule has 4 rings (SSSR count). The van der Waals surface area contributed by atoms with Crippen LogP contribution < -0.4 is 5.32 Å². The summed E-state index contributed by atoms with van der Waals surface area (Å²) in [5.74, 6) is 0.962. The maximum absolute atomic E-state index is 10.3. The number of nitrogens with one attached hydrogen (secondary N) is 1. The van der Waals surface area contributed by atoms with Gasteiger partial charge in [0, 0.05) is 26.9 Å². The van der Waals surface area contributed by atoms with Crippen molar-refractivity contribution in [1.82, 2.24) is 4.98 Å². The Morgan fingerprint density at radius 3 is 2.74 bits per heavy atom. The molecule has 0 saturated heterocycles. The lowest BCUT2D eigenvalue weighted by Crippen LogP contribution is -2.01. The third kappa shape index (κ3) is 3.78. The number of anilines is 1. The number of phenols is 1. The van der Waals surface area contributed by atoms with Gasteiger partial charge in [-0.25, -0.2) is 4.98 Å². The summed E-state index contributed by atoms with van der Waals surface area (Å²) >= 11 is 2.26. The number of halogens is 1. The number of phenolic OH excluding ortho intramolecular Hbond substituents is 1. The molecule has 0 radical (unpaired) electrons. The van der Waals surface area contributed by atoms with E-state index in [0.717, 1.165) is 37.0 Å². The standard InChI is InChI=1S/C22H19IN2O2/c1-13-4-3-5-15(8-13)22-25-19-11-18(6-7-20(19)27-22)24-12-16-10-17(23)9-14(2)21(16)26/h3-11,24,26H,12H2,1-2H3. The van der Waals surface area contributed by atoms with Gasteiger partial charge in [-0.05, 0) is 84.5 Å². The van der Waals surface area contributed by atoms with Gasteiger partial charge < -0.3 is 14.8 Å². The fraction of sp³-hybridized carbons (Fsp3) is 0.136. The first-order chi connectivity index (χ1) is 13.0. The van der Waals surface area contributed by atoms with E-state index in [0.29, 0.717) is 18.2 Å². The van der Waals surface area contributed by atoms with E-state index in [1.54, 1.807) is 0 Å². The molecule has 0 unspecified atom stereocenters. The van der Waals surface area contributed by atoms with Crippen LogP contribution in [0.3, 0.4) is 0 Å². The molecular formula is C22H19IN2O2. The molecule has 0 atom stereocenters. The number of aromatic hydroxyl groups is 1. The molecular weight excluding hydrogens is 451 g/mol. The predicted octanol–water partition coefficient (Wildman–Crippen LogP) is 6.03. The van der Waals surface area contributed by atoms with Crippen LogP contribution in [0.2, 0.25) is 0 Å². The van der Waals surface area contributed by atoms with E-state index < -0.39 is 0 Å². The Labute approximate surface area is 171 Å². The molecule has 27 heavy (non-hydrogen) atoms. The van der Waals surface area contributed by atoms with Crippen molar-refractivity contribution in [2.24, 2.45) is 0 Å². The molecule has 2 N–H and O–H groups in total. The van der Waals surface area contributed by atoms with Gasteiger partial charge in [0.15, 0.2) is 5.58 Å². The van der Waals surface area contributed by atoms with Crippen molar-refractivity contribution >= 4 is 39.4 Å². The van der Waals surface area contributed by atoms with Crippen molar-refractivity contribution in [3.8, 4) is 17.2 Å². The lowest BCUT2D eigenvalue weighted by molar-refractivity contribution is 0.464. The van der Waals surface area contributed by atoms with Crippen LogP contribution in [0, 0.1) is 17.4 Å². The summed E-state index contributed by atoms with van der Waals surface area (Å²) in [6.45, 7) is 4.50. The highest BCUT2D eigenvalue weighted by Crippen LogP contribution is 2.28. The summed E-state index contributed by atoms with van der Waals surface area (Å²) in [5.41, 5.74) is 6.39. The first kappa shape index (κ1) is 17.9. The van der Waals surface area contributed by atoms with Crippen molar-refractivity contribution in [2.45, 2.75) is 20.4 Å². The van der Waals surface area contributed by atoms with E-state index in [-0.39, 0.29) is 0 Å². The molecule has 1 heterocycles. The summed E-state index contributed by atoms with van der Waals surface area (Å²) in [5, 5.41) is 13.6. The average Bonchev–Trinajstić information content (AvgIpc) is 3.07. The first-order valence-electron chi connectivity index (χ1n) is 8.69. The van der Waals surface area contributed by atoms with Crippen LogP contribution in [-0.2, 0) is 6.54 Å². The SMILES string of the molecule is Cc1cccc(-c2nc3cc(NCc4cc(I)cc(C)c4O)ccc3o2)c1. The average molecular weight is 470 g/mol. The zero-order chi connectivity index (χ0) is 19.0. The number of hydrogen-bond donors (Lipinski definition) is 2. The van der Waals surface area contributed by atoms with Gasteiger partial charge in [-0.1, -0.05) is 17.7 Å². The van der Waals surface area contributed by atoms with Gasteiger partial charge >= 0.3 is 0 Å². The van der Waals surface area contributed by atoms with E-state index in [1.165, 1.54) is 5.56 Å². The number of fused-ring (bicyclic) bond motifs is 1. The summed E-state index contributed by atoms with van der Waals surface area (Å²) < 4.78 is 7.00. The van der Waals surface area contributed by atoms with Crippen LogP contribution in [0.4, 0.5) is 5.69 Å². The maximum atomic E-state index is 10.3. The van der Waals surface area contributed by atoms with Crippen LogP contribution in [0.25, 0.3) is 22.6 Å². The molecule has 3 aromatic carbocycles. The van der Waals surface area contributed by atoms with Gasteiger partial charge in [-0.3, -0.25) is 0 Å². The Kier molecular flexibility index (Phi) is 4.78. The highest BCUT2D eigenvalue weighted by atomic mass is 127. The van der Waals surface area contributed by atoms with E-state index in [4.69, 9.17) is 4.42 Å². The second kappa shape index (κ2) is 7.23. The molecule has 0 saturated carbocycles. The number of aryl methyl sites for hydroxylation is 2. The van der Waals surface area contributed by atoms with Crippen molar-refractivity contribution in [2.75, 3.05) is 5.32 Å². The number of rotatable bonds is 4. The molecule has 4 nitrogen and oxygen atoms in total. The van der Waals surface area contributed by atoms with Crippen molar-refractivity contribution in [3.63, 3.8) is 0 Å². The van der Waals surface area contributed by atoms with Gasteiger partial charge in [-0.2, -0.15) is 0 Å². The first-order valence-corrected chi connectivity index (χ1v) is 9.77. The normalized spacial score (nSPS) is 11.1. The number of oxazole rings is 1. The Hall–Kier alpha value is -2.54. The quantitative estimate of drug-likeness (QED) is 0.358. The second-order valence-electron chi connectivity index (χ2n) is 6.65. The maximum Gasteiger partial charge on any atom is 0.227 e. The third-order valence-corrected chi connectivity index (χ3v) is 5.10. The van der Waals surface area contributed by atoms with Gasteiger partial charge in [0.1, 0.15) is 11.3 Å². The molecule has 0 fully saturated rings. The number of benzene rings is 3. The lowest BCUT2D eigenvalue weighted by atomic mass is 10.1. The minimum absolute atomic E-state index is 0.340. The monoisotopic (exact) mass is 470 g/mol. The van der Waals surface area contributed by atoms with Gasteiger partial charge in [0.2, 0.25) is 5.89 Å². The number of aromatic nitrogens is 1. The zero-order valence-corrected chi connectivity index (χ0v) is 17.2. The van der Waals surface area contributed by atoms with Crippen molar-refractivity contribution in [1.29, 1.82) is 0 Å². The van der Waals surface area contributed by atoms with Crippen LogP contribution in [0.1, 0.15) is 16.7 Å². The molecule has 0 aliphatic rings. The number of hydrogen-bond acceptors (Lipinski definition) is 4. The number of nitrogens with zero attached hydrogens (tertiary/aromatic N) is 1. The minimum atomic E-state index is 0.340. The fourth-order valence-corrected chi connectivity index (χ4v) is 3.92. The third-order valence-electron chi connectivity index (χ3n) is 4.48. The molecule has 136 valence electrons. The lowest BCUT2D eigenvalue weighted by Gasteiger charge is -2.10. The molecule has 5 heteroatoms. The molecule has 0 aliphatic carbocycles. The summed E-state index contributed by atoms with van der Waals surface area (Å²) in [7, 11) is 0. The fourth-order valence-electron chi connectivity index (χ4n) is 3.08. The molecule has 0 amide bonds. The Morgan fingerprint density at radius 2 is 1.93 bits per heavy atom. The van der Waals surface area contributed by atoms with Gasteiger partial charge in [0.25, 0.3) is 0 Å². The van der Waals surface area contributed by atoms with E-state index in [2.05, 4.69) is 51.9 Å². The predicted molar refractivity (Wildman–Crippen MR) is 117 cm³/mol. The molecule has 1 aromatic heterocycles. The van der Waals surface area contributed by atoms with Gasteiger partial charge in [0.05, 0.1) is 0 Å². The smallest absolute Gasteiger partial charge is 0.227 e. The van der Waals surface area contributed by atoms with Crippen LogP contribution in [0.5, 0.6) is 5.75 Å². The van der Waals surface area contributed by atoms with Crippen LogP contribution >= 0.6 is 22.6 Å². The summed E-state index contributed by atoms with van der Waals surface area (Å²) in [6.07, 6.45) is 0. The van der Waals surface area contributed by atoms with E-state index in [1.807, 2.05) is 49.4 Å². The summed E-state index contributed by atoms with van der Waals surface area (Å²) in [4.78, 5) is 4.63. The molecule has 0 bridgehead atoms. The van der Waals surface area contributed by atoms with E-state index in [9.17, 15) is 5.11 Å². The second-order valence-corrected chi connectivity index (χ2v) is 7.90. The molecule has 0 spiro atoms. The minimum Gasteiger partial charge on any atom is -0.507 e. The van der Waals surface area contributed by atoms with Crippen molar-refractivity contribution < 1.29 is 9.52 Å².